The van der Waals surface area contributed by atoms with Gasteiger partial charge in [-0.3, -0.25) is 9.78 Å². The molecule has 0 aromatic carbocycles. The fraction of sp³-hybridized carbons (Fsp3) is 0.500. The molecule has 0 amide bonds. The Morgan fingerprint density at radius 1 is 1.47 bits per heavy atom. The summed E-state index contributed by atoms with van der Waals surface area (Å²) < 4.78 is 0. The minimum atomic E-state index is -0.694. The highest BCUT2D eigenvalue weighted by atomic mass is 16.4. The zero-order valence-corrected chi connectivity index (χ0v) is 9.02. The first-order valence-electron chi connectivity index (χ1n) is 5.35. The molecule has 1 aromatic heterocycles. The van der Waals surface area contributed by atoms with Gasteiger partial charge in [0, 0.05) is 12.4 Å². The van der Waals surface area contributed by atoms with E-state index >= 15 is 0 Å². The molecule has 1 atom stereocenters. The molecule has 1 aromatic rings. The lowest BCUT2D eigenvalue weighted by Crippen LogP contribution is -2.16. The van der Waals surface area contributed by atoms with Crippen molar-refractivity contribution in [2.45, 2.75) is 32.6 Å². The molecule has 0 aliphatic rings. The van der Waals surface area contributed by atoms with Gasteiger partial charge in [0.1, 0.15) is 0 Å². The van der Waals surface area contributed by atoms with Crippen molar-refractivity contribution in [3.8, 4) is 0 Å². The summed E-state index contributed by atoms with van der Waals surface area (Å²) in [7, 11) is 0. The second kappa shape index (κ2) is 6.17. The minimum absolute atomic E-state index is 0.257. The van der Waals surface area contributed by atoms with E-state index in [1.165, 1.54) is 0 Å². The molecule has 0 fully saturated rings. The van der Waals surface area contributed by atoms with Gasteiger partial charge in [0.05, 0.1) is 5.92 Å². The number of pyridine rings is 1. The normalized spacial score (nSPS) is 12.3. The van der Waals surface area contributed by atoms with Crippen LogP contribution in [-0.2, 0) is 11.2 Å². The molecule has 0 saturated carbocycles. The standard InChI is InChI=1S/C12H17NO2/c1-2-3-4-11(12(14)15)9-10-5-7-13-8-6-10/h5-8,11H,2-4,9H2,1H3,(H,14,15). The Morgan fingerprint density at radius 2 is 2.13 bits per heavy atom. The highest BCUT2D eigenvalue weighted by molar-refractivity contribution is 5.70. The van der Waals surface area contributed by atoms with Crippen molar-refractivity contribution in [1.29, 1.82) is 0 Å². The van der Waals surface area contributed by atoms with Crippen LogP contribution in [0.4, 0.5) is 0 Å². The molecule has 82 valence electrons. The summed E-state index contributed by atoms with van der Waals surface area (Å²) in [6, 6.07) is 3.75. The Balaban J connectivity index is 2.55. The van der Waals surface area contributed by atoms with Crippen molar-refractivity contribution in [3.63, 3.8) is 0 Å². The van der Waals surface area contributed by atoms with Crippen LogP contribution in [0.3, 0.4) is 0 Å². The molecule has 0 radical (unpaired) electrons. The number of rotatable bonds is 6. The summed E-state index contributed by atoms with van der Waals surface area (Å²) in [6.07, 6.45) is 6.79. The Bertz CT molecular complexity index is 298. The molecule has 3 heteroatoms. The largest absolute Gasteiger partial charge is 0.481 e. The van der Waals surface area contributed by atoms with Crippen LogP contribution in [0.1, 0.15) is 31.7 Å². The SMILES string of the molecule is CCCCC(Cc1ccncc1)C(=O)O. The number of hydrogen-bond donors (Lipinski definition) is 1. The van der Waals surface area contributed by atoms with E-state index in [9.17, 15) is 4.79 Å². The molecule has 1 heterocycles. The average Bonchev–Trinajstić information content (AvgIpc) is 2.25. The van der Waals surface area contributed by atoms with Gasteiger partial charge in [-0.1, -0.05) is 19.8 Å². The molecule has 0 aliphatic heterocycles. The molecule has 0 aliphatic carbocycles. The molecule has 0 spiro atoms. The monoisotopic (exact) mass is 207 g/mol. The molecule has 1 N–H and O–H groups in total. The quantitative estimate of drug-likeness (QED) is 0.779. The van der Waals surface area contributed by atoms with Gasteiger partial charge in [-0.2, -0.15) is 0 Å². The second-order valence-corrected chi connectivity index (χ2v) is 3.74. The smallest absolute Gasteiger partial charge is 0.306 e. The first-order valence-corrected chi connectivity index (χ1v) is 5.35. The van der Waals surface area contributed by atoms with Gasteiger partial charge in [-0.15, -0.1) is 0 Å². The van der Waals surface area contributed by atoms with Crippen molar-refractivity contribution < 1.29 is 9.90 Å². The summed E-state index contributed by atoms with van der Waals surface area (Å²) in [5.41, 5.74) is 1.05. The van der Waals surface area contributed by atoms with Crippen LogP contribution < -0.4 is 0 Å². The molecular weight excluding hydrogens is 190 g/mol. The van der Waals surface area contributed by atoms with E-state index in [1.807, 2.05) is 12.1 Å². The Kier molecular flexibility index (Phi) is 4.81. The molecule has 1 unspecified atom stereocenters. The molecule has 0 bridgehead atoms. The van der Waals surface area contributed by atoms with E-state index in [0.29, 0.717) is 6.42 Å². The maximum absolute atomic E-state index is 11.0. The van der Waals surface area contributed by atoms with E-state index < -0.39 is 5.97 Å². The average molecular weight is 207 g/mol. The van der Waals surface area contributed by atoms with Crippen LogP contribution in [0, 0.1) is 5.92 Å². The molecule has 15 heavy (non-hydrogen) atoms. The number of aliphatic carboxylic acids is 1. The number of carbonyl (C=O) groups is 1. The van der Waals surface area contributed by atoms with Crippen molar-refractivity contribution in [3.05, 3.63) is 30.1 Å². The predicted octanol–water partition coefficient (Wildman–Crippen LogP) is 2.52. The fourth-order valence-corrected chi connectivity index (χ4v) is 1.57. The van der Waals surface area contributed by atoms with Gasteiger partial charge < -0.3 is 5.11 Å². The van der Waals surface area contributed by atoms with Gasteiger partial charge >= 0.3 is 5.97 Å². The zero-order chi connectivity index (χ0) is 11.1. The molecule has 0 saturated heterocycles. The van der Waals surface area contributed by atoms with Crippen LogP contribution >= 0.6 is 0 Å². The van der Waals surface area contributed by atoms with Crippen LogP contribution in [0.25, 0.3) is 0 Å². The van der Waals surface area contributed by atoms with Gasteiger partial charge in [0.15, 0.2) is 0 Å². The maximum Gasteiger partial charge on any atom is 0.306 e. The van der Waals surface area contributed by atoms with Crippen LogP contribution in [0.15, 0.2) is 24.5 Å². The first kappa shape index (κ1) is 11.7. The highest BCUT2D eigenvalue weighted by Gasteiger charge is 2.16. The zero-order valence-electron chi connectivity index (χ0n) is 9.02. The summed E-state index contributed by atoms with van der Waals surface area (Å²) in [6.45, 7) is 2.07. The number of nitrogens with zero attached hydrogens (tertiary/aromatic N) is 1. The number of carboxylic acid groups (broad SMARTS) is 1. The van der Waals surface area contributed by atoms with Crippen LogP contribution in [0.2, 0.25) is 0 Å². The minimum Gasteiger partial charge on any atom is -0.481 e. The van der Waals surface area contributed by atoms with Gasteiger partial charge in [0.2, 0.25) is 0 Å². The highest BCUT2D eigenvalue weighted by Crippen LogP contribution is 2.15. The fourth-order valence-electron chi connectivity index (χ4n) is 1.57. The van der Waals surface area contributed by atoms with Crippen molar-refractivity contribution in [1.82, 2.24) is 4.98 Å². The van der Waals surface area contributed by atoms with E-state index in [-0.39, 0.29) is 5.92 Å². The maximum atomic E-state index is 11.0. The van der Waals surface area contributed by atoms with E-state index in [1.54, 1.807) is 12.4 Å². The third kappa shape index (κ3) is 4.11. The summed E-state index contributed by atoms with van der Waals surface area (Å²) >= 11 is 0. The number of aromatic nitrogens is 1. The first-order chi connectivity index (χ1) is 7.24. The third-order valence-electron chi connectivity index (χ3n) is 2.49. The summed E-state index contributed by atoms with van der Waals surface area (Å²) in [5.74, 6) is -0.951. The molecule has 1 rings (SSSR count). The Hall–Kier alpha value is -1.38. The van der Waals surface area contributed by atoms with Crippen LogP contribution in [0.5, 0.6) is 0 Å². The van der Waals surface area contributed by atoms with Gasteiger partial charge in [-0.05, 0) is 30.5 Å². The predicted molar refractivity (Wildman–Crippen MR) is 58.6 cm³/mol. The van der Waals surface area contributed by atoms with Crippen molar-refractivity contribution in [2.75, 3.05) is 0 Å². The lowest BCUT2D eigenvalue weighted by Gasteiger charge is -2.11. The number of carboxylic acids is 1. The van der Waals surface area contributed by atoms with E-state index in [2.05, 4.69) is 11.9 Å². The summed E-state index contributed by atoms with van der Waals surface area (Å²) in [5, 5.41) is 9.05. The van der Waals surface area contributed by atoms with Gasteiger partial charge in [-0.25, -0.2) is 0 Å². The lowest BCUT2D eigenvalue weighted by molar-refractivity contribution is -0.141. The summed E-state index contributed by atoms with van der Waals surface area (Å²) in [4.78, 5) is 14.9. The van der Waals surface area contributed by atoms with Crippen molar-refractivity contribution >= 4 is 5.97 Å². The molecular formula is C12H17NO2. The van der Waals surface area contributed by atoms with E-state index in [0.717, 1.165) is 24.8 Å². The molecule has 3 nitrogen and oxygen atoms in total. The van der Waals surface area contributed by atoms with Crippen LogP contribution in [-0.4, -0.2) is 16.1 Å². The van der Waals surface area contributed by atoms with Crippen molar-refractivity contribution in [2.24, 2.45) is 5.92 Å². The van der Waals surface area contributed by atoms with Gasteiger partial charge in [0.25, 0.3) is 0 Å². The Labute approximate surface area is 90.2 Å². The third-order valence-corrected chi connectivity index (χ3v) is 2.49. The second-order valence-electron chi connectivity index (χ2n) is 3.74. The number of hydrogen-bond acceptors (Lipinski definition) is 2. The Morgan fingerprint density at radius 3 is 2.67 bits per heavy atom. The topological polar surface area (TPSA) is 50.2 Å². The number of unbranched alkanes of at least 4 members (excludes halogenated alkanes) is 1. The lowest BCUT2D eigenvalue weighted by atomic mass is 9.95. The van der Waals surface area contributed by atoms with E-state index in [4.69, 9.17) is 5.11 Å².